The summed E-state index contributed by atoms with van der Waals surface area (Å²) in [5.41, 5.74) is 0. The average molecular weight is 231 g/mol. The van der Waals surface area contributed by atoms with E-state index in [1.54, 1.807) is 0 Å². The van der Waals surface area contributed by atoms with Gasteiger partial charge >= 0.3 is 0 Å². The first-order chi connectivity index (χ1) is 7.81. The van der Waals surface area contributed by atoms with E-state index >= 15 is 0 Å². The molecule has 2 atom stereocenters. The molecule has 0 radical (unpaired) electrons. The Morgan fingerprint density at radius 1 is 1.31 bits per heavy atom. The highest BCUT2D eigenvalue weighted by Gasteiger charge is 2.32. The topological polar surface area (TPSA) is 40.9 Å². The average Bonchev–Trinajstić information content (AvgIpc) is 2.33. The molecular formula is C13H13NOS. The Kier molecular flexibility index (Phi) is 3.63. The number of nitrogens with zero attached hydrogens (tertiary/aromatic N) is 1. The molecule has 1 aliphatic rings. The fourth-order valence-corrected chi connectivity index (χ4v) is 3.16. The molecule has 1 saturated carbocycles. The van der Waals surface area contributed by atoms with E-state index in [1.807, 2.05) is 30.3 Å². The fraction of sp³-hybridized carbons (Fsp3) is 0.385. The van der Waals surface area contributed by atoms with E-state index < -0.39 is 0 Å². The molecule has 1 aromatic rings. The quantitative estimate of drug-likeness (QED) is 0.785. The fourth-order valence-electron chi connectivity index (χ4n) is 1.94. The molecule has 16 heavy (non-hydrogen) atoms. The molecule has 0 heterocycles. The Morgan fingerprint density at radius 2 is 2.06 bits per heavy atom. The Bertz CT molecular complexity index is 410. The van der Waals surface area contributed by atoms with E-state index in [4.69, 9.17) is 5.26 Å². The Hall–Kier alpha value is -1.27. The second-order valence-corrected chi connectivity index (χ2v) is 5.16. The summed E-state index contributed by atoms with van der Waals surface area (Å²) in [5, 5.41) is 8.88. The lowest BCUT2D eigenvalue weighted by Gasteiger charge is -2.24. The summed E-state index contributed by atoms with van der Waals surface area (Å²) in [6.45, 7) is 0. The van der Waals surface area contributed by atoms with Crippen molar-refractivity contribution in [3.05, 3.63) is 30.3 Å². The van der Waals surface area contributed by atoms with Gasteiger partial charge in [-0.15, -0.1) is 11.8 Å². The van der Waals surface area contributed by atoms with Gasteiger partial charge in [0.05, 0.1) is 17.2 Å². The summed E-state index contributed by atoms with van der Waals surface area (Å²) in [5.74, 6) is 0.109. The number of hydrogen-bond donors (Lipinski definition) is 0. The first-order valence-electron chi connectivity index (χ1n) is 5.45. The summed E-state index contributed by atoms with van der Waals surface area (Å²) in [7, 11) is 0. The predicted molar refractivity (Wildman–Crippen MR) is 64.0 cm³/mol. The van der Waals surface area contributed by atoms with Gasteiger partial charge in [0.2, 0.25) is 0 Å². The Labute approximate surface area is 99.7 Å². The van der Waals surface area contributed by atoms with Crippen LogP contribution in [0.1, 0.15) is 19.3 Å². The zero-order chi connectivity index (χ0) is 11.4. The minimum atomic E-state index is -0.166. The normalized spacial score (nSPS) is 25.1. The number of hydrogen-bond acceptors (Lipinski definition) is 3. The van der Waals surface area contributed by atoms with Crippen molar-refractivity contribution in [3.63, 3.8) is 0 Å². The maximum atomic E-state index is 11.8. The van der Waals surface area contributed by atoms with Crippen LogP contribution < -0.4 is 0 Å². The minimum absolute atomic E-state index is 0.119. The summed E-state index contributed by atoms with van der Waals surface area (Å²) in [6.07, 6.45) is 2.35. The smallest absolute Gasteiger partial charge is 0.147 e. The van der Waals surface area contributed by atoms with Crippen molar-refractivity contribution in [1.82, 2.24) is 0 Å². The maximum Gasteiger partial charge on any atom is 0.147 e. The first kappa shape index (κ1) is 11.2. The number of thioether (sulfide) groups is 1. The van der Waals surface area contributed by atoms with E-state index in [1.165, 1.54) is 11.8 Å². The maximum absolute atomic E-state index is 11.8. The third-order valence-electron chi connectivity index (χ3n) is 2.79. The van der Waals surface area contributed by atoms with Crippen molar-refractivity contribution in [1.29, 1.82) is 5.26 Å². The van der Waals surface area contributed by atoms with Crippen molar-refractivity contribution in [2.75, 3.05) is 0 Å². The van der Waals surface area contributed by atoms with Crippen molar-refractivity contribution >= 4 is 17.5 Å². The van der Waals surface area contributed by atoms with Crippen LogP contribution in [0.5, 0.6) is 0 Å². The Balaban J connectivity index is 2.12. The van der Waals surface area contributed by atoms with Crippen LogP contribution in [0.25, 0.3) is 0 Å². The third kappa shape index (κ3) is 2.45. The molecule has 1 fully saturated rings. The standard InChI is InChI=1S/C13H13NOS/c14-9-10-5-4-8-12(15)13(10)16-11-6-2-1-3-7-11/h1-3,6-7,10,13H,4-5,8H2. The highest BCUT2D eigenvalue weighted by atomic mass is 32.2. The molecular weight excluding hydrogens is 218 g/mol. The van der Waals surface area contributed by atoms with Gasteiger partial charge in [-0.3, -0.25) is 4.79 Å². The molecule has 2 nitrogen and oxygen atoms in total. The molecule has 0 amide bonds. The predicted octanol–water partition coefficient (Wildman–Crippen LogP) is 3.04. The first-order valence-corrected chi connectivity index (χ1v) is 6.33. The van der Waals surface area contributed by atoms with Crippen molar-refractivity contribution in [2.24, 2.45) is 5.92 Å². The largest absolute Gasteiger partial charge is 0.298 e. The van der Waals surface area contributed by atoms with Crippen LogP contribution in [0.2, 0.25) is 0 Å². The highest BCUT2D eigenvalue weighted by molar-refractivity contribution is 8.00. The molecule has 0 spiro atoms. The van der Waals surface area contributed by atoms with E-state index in [9.17, 15) is 4.79 Å². The summed E-state index contributed by atoms with van der Waals surface area (Å²) >= 11 is 1.53. The molecule has 82 valence electrons. The van der Waals surface area contributed by atoms with Crippen LogP contribution in [0.4, 0.5) is 0 Å². The van der Waals surface area contributed by atoms with Gasteiger partial charge in [0.15, 0.2) is 0 Å². The second-order valence-electron chi connectivity index (χ2n) is 3.95. The number of rotatable bonds is 2. The SMILES string of the molecule is N#CC1CCCC(=O)C1Sc1ccccc1. The molecule has 1 aliphatic carbocycles. The van der Waals surface area contributed by atoms with Crippen LogP contribution in [0.15, 0.2) is 35.2 Å². The van der Waals surface area contributed by atoms with Crippen molar-refractivity contribution in [3.8, 4) is 6.07 Å². The van der Waals surface area contributed by atoms with Gasteiger partial charge in [0, 0.05) is 11.3 Å². The number of ketones is 1. The van der Waals surface area contributed by atoms with Gasteiger partial charge in [-0.25, -0.2) is 0 Å². The number of Topliss-reactive ketones (excluding diaryl/α,β-unsaturated/α-hetero) is 1. The molecule has 0 aromatic heterocycles. The lowest BCUT2D eigenvalue weighted by molar-refractivity contribution is -0.120. The second kappa shape index (κ2) is 5.18. The number of benzene rings is 1. The van der Waals surface area contributed by atoms with Crippen LogP contribution in [0.3, 0.4) is 0 Å². The summed E-state index contributed by atoms with van der Waals surface area (Å²) in [6, 6.07) is 12.1. The number of carbonyl (C=O) groups excluding carboxylic acids is 1. The van der Waals surface area contributed by atoms with Gasteiger partial charge in [-0.05, 0) is 25.0 Å². The molecule has 0 bridgehead atoms. The zero-order valence-corrected chi connectivity index (χ0v) is 9.74. The molecule has 3 heteroatoms. The lowest BCUT2D eigenvalue weighted by Crippen LogP contribution is -2.30. The third-order valence-corrected chi connectivity index (χ3v) is 4.18. The zero-order valence-electron chi connectivity index (χ0n) is 8.93. The van der Waals surface area contributed by atoms with Crippen LogP contribution in [-0.2, 0) is 4.79 Å². The molecule has 2 unspecified atom stereocenters. The molecule has 0 N–H and O–H groups in total. The number of carbonyl (C=O) groups is 1. The molecule has 1 aromatic carbocycles. The van der Waals surface area contributed by atoms with E-state index in [0.717, 1.165) is 17.7 Å². The van der Waals surface area contributed by atoms with Crippen LogP contribution >= 0.6 is 11.8 Å². The van der Waals surface area contributed by atoms with Crippen molar-refractivity contribution in [2.45, 2.75) is 29.4 Å². The highest BCUT2D eigenvalue weighted by Crippen LogP contribution is 2.35. The van der Waals surface area contributed by atoms with E-state index in [2.05, 4.69) is 6.07 Å². The molecule has 0 saturated heterocycles. The van der Waals surface area contributed by atoms with Gasteiger partial charge in [0.1, 0.15) is 5.78 Å². The number of nitriles is 1. The van der Waals surface area contributed by atoms with E-state index in [-0.39, 0.29) is 17.0 Å². The van der Waals surface area contributed by atoms with Gasteiger partial charge in [-0.2, -0.15) is 5.26 Å². The van der Waals surface area contributed by atoms with Crippen molar-refractivity contribution < 1.29 is 4.79 Å². The van der Waals surface area contributed by atoms with Crippen LogP contribution in [0, 0.1) is 17.2 Å². The lowest BCUT2D eigenvalue weighted by atomic mass is 9.89. The van der Waals surface area contributed by atoms with Gasteiger partial charge in [-0.1, -0.05) is 18.2 Å². The minimum Gasteiger partial charge on any atom is -0.298 e. The molecule has 0 aliphatic heterocycles. The van der Waals surface area contributed by atoms with Gasteiger partial charge < -0.3 is 0 Å². The Morgan fingerprint density at radius 3 is 2.75 bits per heavy atom. The van der Waals surface area contributed by atoms with Gasteiger partial charge in [0.25, 0.3) is 0 Å². The summed E-state index contributed by atoms with van der Waals surface area (Å²) in [4.78, 5) is 12.9. The van der Waals surface area contributed by atoms with E-state index in [0.29, 0.717) is 6.42 Å². The van der Waals surface area contributed by atoms with Crippen LogP contribution in [-0.4, -0.2) is 11.0 Å². The molecule has 2 rings (SSSR count). The summed E-state index contributed by atoms with van der Waals surface area (Å²) < 4.78 is 0. The monoisotopic (exact) mass is 231 g/mol.